The van der Waals surface area contributed by atoms with Gasteiger partial charge < -0.3 is 19.7 Å². The molecule has 0 unspecified atom stereocenters. The molecule has 0 radical (unpaired) electrons. The molecule has 6 nitrogen and oxygen atoms in total. The molecule has 6 heteroatoms. The first-order valence-electron chi connectivity index (χ1n) is 19.5. The molecule has 0 saturated heterocycles. The molecule has 0 amide bonds. The number of hydrogen-bond acceptors (Lipinski definition) is 4. The van der Waals surface area contributed by atoms with Crippen LogP contribution in [0.1, 0.15) is 20.7 Å². The molecule has 0 heterocycles. The number of carbonyl (C=O) groups is 2. The van der Waals surface area contributed by atoms with Crippen LogP contribution in [0.3, 0.4) is 0 Å². The van der Waals surface area contributed by atoms with Gasteiger partial charge in [0, 0.05) is 33.0 Å². The molecule has 2 N–H and O–H groups in total. The molecule has 286 valence electrons. The van der Waals surface area contributed by atoms with Gasteiger partial charge >= 0.3 is 11.9 Å². The Hall–Kier alpha value is -8.22. The van der Waals surface area contributed by atoms with Crippen molar-refractivity contribution in [2.75, 3.05) is 0 Å². The van der Waals surface area contributed by atoms with E-state index in [4.69, 9.17) is 9.47 Å². The molecular weight excluding hydrogens is 745 g/mol. The summed E-state index contributed by atoms with van der Waals surface area (Å²) in [5.41, 5.74) is 4.79. The fraction of sp³-hybridized carbons (Fsp3) is 0. The molecule has 0 saturated carbocycles. The maximum Gasteiger partial charge on any atom is 0.336 e. The third kappa shape index (κ3) is 6.24. The van der Waals surface area contributed by atoms with Gasteiger partial charge in [0.1, 0.15) is 23.0 Å². The summed E-state index contributed by atoms with van der Waals surface area (Å²) >= 11 is 0. The first-order chi connectivity index (χ1) is 29.4. The fourth-order valence-corrected chi connectivity index (χ4v) is 8.34. The second kappa shape index (κ2) is 14.9. The van der Waals surface area contributed by atoms with E-state index in [0.717, 1.165) is 43.8 Å². The molecule has 0 aliphatic rings. The Bertz CT molecular complexity index is 3090. The van der Waals surface area contributed by atoms with Gasteiger partial charge in [-0.05, 0) is 67.7 Å². The minimum atomic E-state index is -1.03. The highest BCUT2D eigenvalue weighted by Crippen LogP contribution is 2.51. The van der Waals surface area contributed by atoms with Gasteiger partial charge in [-0.25, -0.2) is 9.59 Å². The fourth-order valence-electron chi connectivity index (χ4n) is 8.34. The normalized spacial score (nSPS) is 11.3. The van der Waals surface area contributed by atoms with Crippen LogP contribution in [-0.4, -0.2) is 22.2 Å². The third-order valence-corrected chi connectivity index (χ3v) is 11.1. The number of carboxylic acids is 2. The Morgan fingerprint density at radius 1 is 0.350 bits per heavy atom. The zero-order valence-electron chi connectivity index (χ0n) is 32.0. The SMILES string of the molecule is O=C(O)c1cc(-c2ccccc2)c(Oc2ccc3ccccc3c2-c2c(Oc3c(-c4ccccc4)cc(C(=O)O)c4ccccc34)ccc3ccccc23)c2ccccc12. The van der Waals surface area contributed by atoms with Crippen molar-refractivity contribution in [2.45, 2.75) is 0 Å². The van der Waals surface area contributed by atoms with Gasteiger partial charge in [0.05, 0.1) is 11.1 Å². The van der Waals surface area contributed by atoms with Crippen LogP contribution in [0.15, 0.2) is 194 Å². The maximum absolute atomic E-state index is 12.7. The van der Waals surface area contributed by atoms with Crippen LogP contribution in [0.5, 0.6) is 23.0 Å². The van der Waals surface area contributed by atoms with Crippen LogP contribution >= 0.6 is 0 Å². The van der Waals surface area contributed by atoms with E-state index in [-0.39, 0.29) is 11.1 Å². The van der Waals surface area contributed by atoms with Crippen LogP contribution in [0, 0.1) is 0 Å². The molecule has 0 bridgehead atoms. The first kappa shape index (κ1) is 36.1. The molecule has 10 rings (SSSR count). The van der Waals surface area contributed by atoms with Crippen molar-refractivity contribution in [3.05, 3.63) is 205 Å². The highest BCUT2D eigenvalue weighted by molar-refractivity contribution is 6.13. The number of rotatable bonds is 9. The molecule has 0 atom stereocenters. The molecule has 0 spiro atoms. The Morgan fingerprint density at radius 2 is 0.683 bits per heavy atom. The van der Waals surface area contributed by atoms with E-state index in [1.54, 1.807) is 12.1 Å². The summed E-state index contributed by atoms with van der Waals surface area (Å²) in [6, 6.07) is 61.8. The third-order valence-electron chi connectivity index (χ3n) is 11.1. The lowest BCUT2D eigenvalue weighted by Gasteiger charge is -2.23. The lowest BCUT2D eigenvalue weighted by Crippen LogP contribution is -2.02. The summed E-state index contributed by atoms with van der Waals surface area (Å²) < 4.78 is 14.5. The van der Waals surface area contributed by atoms with Crippen LogP contribution in [0.4, 0.5) is 0 Å². The smallest absolute Gasteiger partial charge is 0.336 e. The number of benzene rings is 10. The van der Waals surface area contributed by atoms with Crippen molar-refractivity contribution in [1.29, 1.82) is 0 Å². The van der Waals surface area contributed by atoms with Gasteiger partial charge in [-0.2, -0.15) is 0 Å². The van der Waals surface area contributed by atoms with Gasteiger partial charge in [0.2, 0.25) is 0 Å². The lowest BCUT2D eigenvalue weighted by atomic mass is 9.91. The van der Waals surface area contributed by atoms with E-state index >= 15 is 0 Å². The molecule has 60 heavy (non-hydrogen) atoms. The Morgan fingerprint density at radius 3 is 1.07 bits per heavy atom. The zero-order chi connectivity index (χ0) is 40.7. The topological polar surface area (TPSA) is 93.1 Å². The predicted octanol–water partition coefficient (Wildman–Crippen LogP) is 14.3. The minimum absolute atomic E-state index is 0.177. The van der Waals surface area contributed by atoms with Crippen molar-refractivity contribution < 1.29 is 29.3 Å². The van der Waals surface area contributed by atoms with Crippen molar-refractivity contribution in [1.82, 2.24) is 0 Å². The van der Waals surface area contributed by atoms with Crippen LogP contribution in [-0.2, 0) is 0 Å². The van der Waals surface area contributed by atoms with Crippen LogP contribution < -0.4 is 9.47 Å². The van der Waals surface area contributed by atoms with Crippen LogP contribution in [0.2, 0.25) is 0 Å². The molecule has 0 fully saturated rings. The summed E-state index contributed by atoms with van der Waals surface area (Å²) in [6.45, 7) is 0. The summed E-state index contributed by atoms with van der Waals surface area (Å²) in [5, 5.41) is 27.0. The first-order valence-corrected chi connectivity index (χ1v) is 19.5. The number of hydrogen-bond donors (Lipinski definition) is 2. The number of ether oxygens (including phenoxy) is 2. The van der Waals surface area contributed by atoms with E-state index in [1.165, 1.54) is 0 Å². The van der Waals surface area contributed by atoms with Crippen molar-refractivity contribution in [3.8, 4) is 56.4 Å². The largest absolute Gasteiger partial charge is 0.478 e. The average Bonchev–Trinajstić information content (AvgIpc) is 3.29. The maximum atomic E-state index is 12.7. The van der Waals surface area contributed by atoms with E-state index in [0.29, 0.717) is 55.7 Å². The lowest BCUT2D eigenvalue weighted by molar-refractivity contribution is 0.0688. The van der Waals surface area contributed by atoms with Gasteiger partial charge in [0.15, 0.2) is 0 Å². The van der Waals surface area contributed by atoms with E-state index in [9.17, 15) is 19.8 Å². The second-order valence-electron chi connectivity index (χ2n) is 14.6. The van der Waals surface area contributed by atoms with Gasteiger partial charge in [-0.1, -0.05) is 170 Å². The Balaban J connectivity index is 1.27. The molecule has 0 aromatic heterocycles. The summed E-state index contributed by atoms with van der Waals surface area (Å²) in [4.78, 5) is 25.5. The highest BCUT2D eigenvalue weighted by atomic mass is 16.5. The standard InChI is InChI=1S/C54H34O6/c55-53(56)45-31-43(33-15-3-1-4-16-33)51(41-25-13-11-23-39(41)45)59-47-29-27-35-19-7-9-21-37(35)49(47)50-38-22-10-8-20-36(38)28-30-48(50)60-52-42-26-14-12-24-40(42)46(54(57)58)32-44(52)34-17-5-2-6-18-34/h1-32H,(H,55,56)(H,57,58). The molecule has 10 aromatic carbocycles. The van der Waals surface area contributed by atoms with Crippen molar-refractivity contribution in [2.24, 2.45) is 0 Å². The second-order valence-corrected chi connectivity index (χ2v) is 14.6. The number of aromatic carboxylic acids is 2. The molecule has 10 aromatic rings. The number of carboxylic acid groups (broad SMARTS) is 2. The minimum Gasteiger partial charge on any atom is -0.478 e. The Kier molecular flexibility index (Phi) is 9.00. The Labute approximate surface area is 344 Å². The van der Waals surface area contributed by atoms with Crippen molar-refractivity contribution in [3.63, 3.8) is 0 Å². The van der Waals surface area contributed by atoms with Gasteiger partial charge in [-0.3, -0.25) is 0 Å². The molecule has 0 aliphatic heterocycles. The summed E-state index contributed by atoms with van der Waals surface area (Å²) in [6.07, 6.45) is 0. The van der Waals surface area contributed by atoms with Gasteiger partial charge in [0.25, 0.3) is 0 Å². The van der Waals surface area contributed by atoms with Crippen molar-refractivity contribution >= 4 is 55.0 Å². The van der Waals surface area contributed by atoms with Crippen LogP contribution in [0.25, 0.3) is 76.5 Å². The van der Waals surface area contributed by atoms with E-state index in [1.807, 2.05) is 158 Å². The summed E-state index contributed by atoms with van der Waals surface area (Å²) in [5.74, 6) is 0.0463. The number of fused-ring (bicyclic) bond motifs is 4. The molecule has 0 aliphatic carbocycles. The molecular formula is C54H34O6. The highest BCUT2D eigenvalue weighted by Gasteiger charge is 2.26. The van der Waals surface area contributed by atoms with Gasteiger partial charge in [-0.15, -0.1) is 0 Å². The summed E-state index contributed by atoms with van der Waals surface area (Å²) in [7, 11) is 0. The predicted molar refractivity (Wildman–Crippen MR) is 240 cm³/mol. The zero-order valence-corrected chi connectivity index (χ0v) is 32.0. The van der Waals surface area contributed by atoms with E-state index < -0.39 is 11.9 Å². The van der Waals surface area contributed by atoms with E-state index in [2.05, 4.69) is 24.3 Å². The average molecular weight is 779 g/mol. The quantitative estimate of drug-likeness (QED) is 0.152. The monoisotopic (exact) mass is 778 g/mol.